The fraction of sp³-hybridized carbons (Fsp3) is 1.00. The summed E-state index contributed by atoms with van der Waals surface area (Å²) in [5.41, 5.74) is 0. The maximum Gasteiger partial charge on any atom is 0.0931 e. The van der Waals surface area contributed by atoms with Gasteiger partial charge in [-0.25, -0.2) is 0 Å². The van der Waals surface area contributed by atoms with Gasteiger partial charge in [-0.3, -0.25) is 5.32 Å². The van der Waals surface area contributed by atoms with Crippen molar-refractivity contribution in [2.24, 2.45) is 0 Å². The lowest BCUT2D eigenvalue weighted by atomic mass is 10.3. The van der Waals surface area contributed by atoms with Gasteiger partial charge in [0.15, 0.2) is 0 Å². The predicted octanol–water partition coefficient (Wildman–Crippen LogP) is 1.35. The Hall–Kier alpha value is -0.0800. The maximum atomic E-state index is 8.18. The second-order valence-electron chi connectivity index (χ2n) is 1.51. The summed E-state index contributed by atoms with van der Waals surface area (Å²) in [7, 11) is 0. The van der Waals surface area contributed by atoms with Gasteiger partial charge in [-0.05, 0) is 13.0 Å². The van der Waals surface area contributed by atoms with Crippen LogP contribution in [0.4, 0.5) is 0 Å². The van der Waals surface area contributed by atoms with E-state index in [4.69, 9.17) is 5.11 Å². The van der Waals surface area contributed by atoms with Gasteiger partial charge >= 0.3 is 0 Å². The lowest BCUT2D eigenvalue weighted by Gasteiger charge is -1.94. The summed E-state index contributed by atoms with van der Waals surface area (Å²) in [6, 6.07) is 0. The SMILES string of the molecule is CC.CCCCNCO. The molecular formula is C7H19NO. The quantitative estimate of drug-likeness (QED) is 0.448. The van der Waals surface area contributed by atoms with Crippen molar-refractivity contribution in [3.05, 3.63) is 0 Å². The first kappa shape index (κ1) is 11.7. The number of aliphatic hydroxyl groups excluding tert-OH is 1. The van der Waals surface area contributed by atoms with Crippen molar-refractivity contribution < 1.29 is 5.11 Å². The number of rotatable bonds is 4. The van der Waals surface area contributed by atoms with Crippen LogP contribution in [0.15, 0.2) is 0 Å². The summed E-state index contributed by atoms with van der Waals surface area (Å²) in [5, 5.41) is 11.0. The molecule has 0 amide bonds. The molecule has 0 spiro atoms. The number of nitrogens with one attached hydrogen (secondary N) is 1. The highest BCUT2D eigenvalue weighted by atomic mass is 16.3. The zero-order valence-electron chi connectivity index (χ0n) is 6.78. The zero-order chi connectivity index (χ0) is 7.54. The van der Waals surface area contributed by atoms with Gasteiger partial charge in [0.2, 0.25) is 0 Å². The van der Waals surface area contributed by atoms with Crippen molar-refractivity contribution in [1.29, 1.82) is 0 Å². The minimum absolute atomic E-state index is 0.111. The second kappa shape index (κ2) is 15.7. The molecule has 0 bridgehead atoms. The highest BCUT2D eigenvalue weighted by Crippen LogP contribution is 1.79. The molecule has 58 valence electrons. The Bertz CT molecular complexity index is 28.1. The molecule has 0 saturated carbocycles. The van der Waals surface area contributed by atoms with E-state index in [9.17, 15) is 0 Å². The molecular weight excluding hydrogens is 114 g/mol. The highest BCUT2D eigenvalue weighted by Gasteiger charge is 1.77. The van der Waals surface area contributed by atoms with Gasteiger partial charge in [0.25, 0.3) is 0 Å². The molecule has 0 unspecified atom stereocenters. The van der Waals surface area contributed by atoms with Gasteiger partial charge < -0.3 is 5.11 Å². The van der Waals surface area contributed by atoms with E-state index in [1.807, 2.05) is 13.8 Å². The lowest BCUT2D eigenvalue weighted by molar-refractivity contribution is 0.260. The molecule has 0 aliphatic rings. The third-order valence-electron chi connectivity index (χ3n) is 0.819. The molecule has 0 atom stereocenters. The number of unbranched alkanes of at least 4 members (excludes halogenated alkanes) is 1. The summed E-state index contributed by atoms with van der Waals surface area (Å²) in [5.74, 6) is 0. The van der Waals surface area contributed by atoms with Crippen LogP contribution in [-0.4, -0.2) is 18.4 Å². The molecule has 0 radical (unpaired) electrons. The summed E-state index contributed by atoms with van der Waals surface area (Å²) >= 11 is 0. The third kappa shape index (κ3) is 18.1. The molecule has 0 fully saturated rings. The van der Waals surface area contributed by atoms with E-state index in [0.717, 1.165) is 13.0 Å². The summed E-state index contributed by atoms with van der Waals surface area (Å²) in [4.78, 5) is 0. The fourth-order valence-electron chi connectivity index (χ4n) is 0.381. The first-order chi connectivity index (χ1) is 4.41. The Morgan fingerprint density at radius 2 is 1.89 bits per heavy atom. The Morgan fingerprint density at radius 1 is 1.33 bits per heavy atom. The number of hydrogen-bond donors (Lipinski definition) is 2. The minimum Gasteiger partial charge on any atom is -0.381 e. The standard InChI is InChI=1S/C5H13NO.C2H6/c1-2-3-4-6-5-7;1-2/h6-7H,2-5H2,1H3;1-2H3. The van der Waals surface area contributed by atoms with E-state index < -0.39 is 0 Å². The molecule has 0 heterocycles. The minimum atomic E-state index is 0.111. The van der Waals surface area contributed by atoms with E-state index in [0.29, 0.717) is 0 Å². The van der Waals surface area contributed by atoms with Gasteiger partial charge in [-0.2, -0.15) is 0 Å². The Labute approximate surface area is 58.3 Å². The first-order valence-electron chi connectivity index (χ1n) is 3.73. The molecule has 9 heavy (non-hydrogen) atoms. The molecule has 2 N–H and O–H groups in total. The van der Waals surface area contributed by atoms with Crippen molar-refractivity contribution in [3.8, 4) is 0 Å². The predicted molar refractivity (Wildman–Crippen MR) is 41.3 cm³/mol. The van der Waals surface area contributed by atoms with E-state index in [2.05, 4.69) is 12.2 Å². The van der Waals surface area contributed by atoms with Gasteiger partial charge in [-0.1, -0.05) is 27.2 Å². The molecule has 0 rings (SSSR count). The average Bonchev–Trinajstić information content (AvgIpc) is 1.94. The molecule has 0 aromatic carbocycles. The van der Waals surface area contributed by atoms with E-state index in [1.165, 1.54) is 6.42 Å². The summed E-state index contributed by atoms with van der Waals surface area (Å²) in [6.07, 6.45) is 2.34. The van der Waals surface area contributed by atoms with Crippen LogP contribution in [0.25, 0.3) is 0 Å². The van der Waals surface area contributed by atoms with Crippen molar-refractivity contribution in [3.63, 3.8) is 0 Å². The van der Waals surface area contributed by atoms with Crippen LogP contribution in [0.5, 0.6) is 0 Å². The van der Waals surface area contributed by atoms with Crippen LogP contribution in [0.2, 0.25) is 0 Å². The second-order valence-corrected chi connectivity index (χ2v) is 1.51. The van der Waals surface area contributed by atoms with Crippen LogP contribution < -0.4 is 5.32 Å². The summed E-state index contributed by atoms with van der Waals surface area (Å²) < 4.78 is 0. The fourth-order valence-corrected chi connectivity index (χ4v) is 0.381. The first-order valence-corrected chi connectivity index (χ1v) is 3.73. The van der Waals surface area contributed by atoms with Crippen LogP contribution in [0.3, 0.4) is 0 Å². The van der Waals surface area contributed by atoms with Crippen molar-refractivity contribution in [1.82, 2.24) is 5.32 Å². The van der Waals surface area contributed by atoms with Gasteiger partial charge in [0.05, 0.1) is 6.73 Å². The Morgan fingerprint density at radius 3 is 2.22 bits per heavy atom. The molecule has 2 heteroatoms. The van der Waals surface area contributed by atoms with Crippen LogP contribution in [0, 0.1) is 0 Å². The van der Waals surface area contributed by atoms with Crippen LogP contribution in [-0.2, 0) is 0 Å². The zero-order valence-corrected chi connectivity index (χ0v) is 6.78. The van der Waals surface area contributed by atoms with Crippen molar-refractivity contribution in [2.45, 2.75) is 33.6 Å². The molecule has 0 aromatic heterocycles. The van der Waals surface area contributed by atoms with Crippen LogP contribution >= 0.6 is 0 Å². The average molecular weight is 133 g/mol. The smallest absolute Gasteiger partial charge is 0.0931 e. The van der Waals surface area contributed by atoms with E-state index in [1.54, 1.807) is 0 Å². The Kier molecular flexibility index (Phi) is 20.3. The van der Waals surface area contributed by atoms with Crippen molar-refractivity contribution >= 4 is 0 Å². The van der Waals surface area contributed by atoms with Crippen molar-refractivity contribution in [2.75, 3.05) is 13.3 Å². The summed E-state index contributed by atoms with van der Waals surface area (Å²) in [6.45, 7) is 7.17. The number of aliphatic hydroxyl groups is 1. The molecule has 0 saturated heterocycles. The molecule has 2 nitrogen and oxygen atoms in total. The Balaban J connectivity index is 0. The topological polar surface area (TPSA) is 32.3 Å². The monoisotopic (exact) mass is 133 g/mol. The van der Waals surface area contributed by atoms with E-state index >= 15 is 0 Å². The largest absolute Gasteiger partial charge is 0.381 e. The third-order valence-corrected chi connectivity index (χ3v) is 0.819. The molecule has 0 aromatic rings. The molecule has 0 aliphatic carbocycles. The highest BCUT2D eigenvalue weighted by molar-refractivity contribution is 4.36. The lowest BCUT2D eigenvalue weighted by Crippen LogP contribution is -2.15. The molecule has 0 aliphatic heterocycles. The van der Waals surface area contributed by atoms with Gasteiger partial charge in [0, 0.05) is 0 Å². The number of hydrogen-bond acceptors (Lipinski definition) is 2. The van der Waals surface area contributed by atoms with E-state index in [-0.39, 0.29) is 6.73 Å². The maximum absolute atomic E-state index is 8.18. The normalized spacial score (nSPS) is 8.00. The van der Waals surface area contributed by atoms with Crippen LogP contribution in [0.1, 0.15) is 33.6 Å². The van der Waals surface area contributed by atoms with Gasteiger partial charge in [-0.15, -0.1) is 0 Å². The van der Waals surface area contributed by atoms with Gasteiger partial charge in [0.1, 0.15) is 0 Å².